The molecule has 0 N–H and O–H groups in total. The van der Waals surface area contributed by atoms with Crippen molar-refractivity contribution in [2.24, 2.45) is 0 Å². The standard InChI is InChI=1S/C3H8N2O2/c1-3-5(7)4(2)6/h3H2,1-2H3/q-2. The number of hydrazine groups is 1. The number of hydrogen-bond acceptors (Lipinski definition) is 4. The van der Waals surface area contributed by atoms with E-state index in [1.807, 2.05) is 0 Å². The zero-order valence-corrected chi connectivity index (χ0v) is 4.42. The first-order chi connectivity index (χ1) is 3.18. The summed E-state index contributed by atoms with van der Waals surface area (Å²) in [6, 6.07) is 0. The van der Waals surface area contributed by atoms with Gasteiger partial charge in [0.05, 0.1) is 0 Å². The molecule has 0 amide bonds. The SMILES string of the molecule is CCN([O-])N(C)[O-]. The molecule has 7 heavy (non-hydrogen) atoms. The van der Waals surface area contributed by atoms with Crippen molar-refractivity contribution >= 4 is 0 Å². The fourth-order valence-electron chi connectivity index (χ4n) is 0.199. The molecule has 44 valence electrons. The Bertz CT molecular complexity index is 48.2. The summed E-state index contributed by atoms with van der Waals surface area (Å²) in [4.78, 5) is 0. The molecule has 0 saturated carbocycles. The molecule has 0 aromatic rings. The zero-order chi connectivity index (χ0) is 5.86. The van der Waals surface area contributed by atoms with E-state index >= 15 is 0 Å². The Kier molecular flexibility index (Phi) is 2.86. The van der Waals surface area contributed by atoms with E-state index in [0.29, 0.717) is 5.17 Å². The van der Waals surface area contributed by atoms with Crippen molar-refractivity contribution in [1.29, 1.82) is 0 Å². The maximum atomic E-state index is 10.0. The monoisotopic (exact) mass is 104 g/mol. The Hall–Kier alpha value is -0.160. The molecule has 0 radical (unpaired) electrons. The summed E-state index contributed by atoms with van der Waals surface area (Å²) in [6.45, 7) is 1.82. The largest absolute Gasteiger partial charge is 0.772 e. The summed E-state index contributed by atoms with van der Waals surface area (Å²) in [6.07, 6.45) is 0. The Morgan fingerprint density at radius 3 is 1.86 bits per heavy atom. The highest BCUT2D eigenvalue weighted by Crippen LogP contribution is 1.84. The Labute approximate surface area is 42.5 Å². The maximum Gasteiger partial charge on any atom is -0.00414 e. The third-order valence-corrected chi connectivity index (χ3v) is 0.585. The minimum Gasteiger partial charge on any atom is -0.772 e. The molecule has 0 aromatic carbocycles. The molecule has 0 atom stereocenters. The van der Waals surface area contributed by atoms with Gasteiger partial charge in [-0.3, -0.25) is 0 Å². The molecule has 0 unspecified atom stereocenters. The van der Waals surface area contributed by atoms with Crippen molar-refractivity contribution < 1.29 is 0 Å². The topological polar surface area (TPSA) is 52.6 Å². The first-order valence-corrected chi connectivity index (χ1v) is 2.04. The van der Waals surface area contributed by atoms with Gasteiger partial charge in [-0.05, 0) is 13.6 Å². The van der Waals surface area contributed by atoms with Crippen LogP contribution in [0.2, 0.25) is 0 Å². The first-order valence-electron chi connectivity index (χ1n) is 2.04. The molecule has 0 heterocycles. The van der Waals surface area contributed by atoms with Crippen LogP contribution in [0, 0.1) is 10.4 Å². The van der Waals surface area contributed by atoms with Gasteiger partial charge < -0.3 is 20.8 Å². The van der Waals surface area contributed by atoms with E-state index < -0.39 is 0 Å². The lowest BCUT2D eigenvalue weighted by atomic mass is 10.8. The van der Waals surface area contributed by atoms with Gasteiger partial charge in [0.1, 0.15) is 0 Å². The second-order valence-electron chi connectivity index (χ2n) is 1.13. The van der Waals surface area contributed by atoms with Crippen molar-refractivity contribution in [2.75, 3.05) is 13.6 Å². The molecular formula is C3H8N2O2-2. The predicted octanol–water partition coefficient (Wildman–Crippen LogP) is 0.151. The summed E-state index contributed by atoms with van der Waals surface area (Å²) in [5, 5.41) is 20.5. The highest BCUT2D eigenvalue weighted by atomic mass is 16.7. The molecule has 0 aliphatic carbocycles. The van der Waals surface area contributed by atoms with E-state index in [1.165, 1.54) is 0 Å². The molecule has 0 saturated heterocycles. The van der Waals surface area contributed by atoms with Crippen molar-refractivity contribution in [3.8, 4) is 0 Å². The quantitative estimate of drug-likeness (QED) is 0.468. The normalized spacial score (nSPS) is 11.1. The minimum atomic E-state index is 0.208. The molecule has 0 fully saturated rings. The van der Waals surface area contributed by atoms with E-state index in [2.05, 4.69) is 0 Å². The first kappa shape index (κ1) is 6.84. The van der Waals surface area contributed by atoms with Crippen LogP contribution in [-0.2, 0) is 0 Å². The Balaban J connectivity index is 3.14. The van der Waals surface area contributed by atoms with Crippen molar-refractivity contribution in [2.45, 2.75) is 6.92 Å². The summed E-state index contributed by atoms with van der Waals surface area (Å²) < 4.78 is 0. The van der Waals surface area contributed by atoms with Gasteiger partial charge in [0.2, 0.25) is 0 Å². The summed E-state index contributed by atoms with van der Waals surface area (Å²) >= 11 is 0. The average Bonchev–Trinajstić information content (AvgIpc) is 1.65. The van der Waals surface area contributed by atoms with E-state index in [0.717, 1.165) is 7.05 Å². The lowest BCUT2D eigenvalue weighted by Gasteiger charge is -2.41. The van der Waals surface area contributed by atoms with Gasteiger partial charge in [0, 0.05) is 0 Å². The van der Waals surface area contributed by atoms with Gasteiger partial charge >= 0.3 is 0 Å². The second kappa shape index (κ2) is 2.92. The van der Waals surface area contributed by atoms with E-state index in [4.69, 9.17) is 0 Å². The predicted molar refractivity (Wildman–Crippen MR) is 26.9 cm³/mol. The summed E-state index contributed by atoms with van der Waals surface area (Å²) in [5.74, 6) is 0. The van der Waals surface area contributed by atoms with Crippen molar-refractivity contribution in [3.05, 3.63) is 10.4 Å². The maximum absolute atomic E-state index is 10.0. The lowest BCUT2D eigenvalue weighted by Crippen LogP contribution is -2.29. The Morgan fingerprint density at radius 2 is 1.86 bits per heavy atom. The van der Waals surface area contributed by atoms with Gasteiger partial charge in [-0.25, -0.2) is 0 Å². The number of hydrogen-bond donors (Lipinski definition) is 0. The molecular weight excluding hydrogens is 96.0 g/mol. The average molecular weight is 104 g/mol. The summed E-state index contributed by atoms with van der Waals surface area (Å²) in [7, 11) is 1.16. The molecule has 4 heteroatoms. The Morgan fingerprint density at radius 1 is 1.43 bits per heavy atom. The zero-order valence-electron chi connectivity index (χ0n) is 4.42. The van der Waals surface area contributed by atoms with Crippen LogP contribution in [0.15, 0.2) is 0 Å². The highest BCUT2D eigenvalue weighted by Gasteiger charge is 1.77. The van der Waals surface area contributed by atoms with Gasteiger partial charge in [-0.2, -0.15) is 0 Å². The van der Waals surface area contributed by atoms with E-state index in [1.54, 1.807) is 6.92 Å². The molecule has 0 aromatic heterocycles. The van der Waals surface area contributed by atoms with E-state index in [9.17, 15) is 10.4 Å². The van der Waals surface area contributed by atoms with Crippen LogP contribution >= 0.6 is 0 Å². The van der Waals surface area contributed by atoms with Crippen LogP contribution in [-0.4, -0.2) is 23.9 Å². The third kappa shape index (κ3) is 2.52. The van der Waals surface area contributed by atoms with Crippen molar-refractivity contribution in [1.82, 2.24) is 10.3 Å². The van der Waals surface area contributed by atoms with Gasteiger partial charge in [0.25, 0.3) is 0 Å². The van der Waals surface area contributed by atoms with Gasteiger partial charge in [-0.15, -0.1) is 0 Å². The van der Waals surface area contributed by atoms with Crippen LogP contribution in [0.3, 0.4) is 0 Å². The highest BCUT2D eigenvalue weighted by molar-refractivity contribution is 4.47. The number of nitrogens with zero attached hydrogens (tertiary/aromatic N) is 2. The molecule has 0 aliphatic rings. The van der Waals surface area contributed by atoms with Crippen LogP contribution in [0.25, 0.3) is 0 Å². The summed E-state index contributed by atoms with van der Waals surface area (Å²) in [5.41, 5.74) is 0. The molecule has 0 bridgehead atoms. The smallest absolute Gasteiger partial charge is 0.00414 e. The van der Waals surface area contributed by atoms with Crippen molar-refractivity contribution in [3.63, 3.8) is 0 Å². The lowest BCUT2D eigenvalue weighted by molar-refractivity contribution is 0.117. The third-order valence-electron chi connectivity index (χ3n) is 0.585. The molecule has 0 spiro atoms. The van der Waals surface area contributed by atoms with Crippen LogP contribution in [0.1, 0.15) is 6.92 Å². The second-order valence-corrected chi connectivity index (χ2v) is 1.13. The fraction of sp³-hybridized carbons (Fsp3) is 1.00. The minimum absolute atomic E-state index is 0.208. The van der Waals surface area contributed by atoms with Crippen LogP contribution in [0.5, 0.6) is 0 Å². The number of rotatable bonds is 2. The van der Waals surface area contributed by atoms with E-state index in [-0.39, 0.29) is 11.7 Å². The van der Waals surface area contributed by atoms with Gasteiger partial charge in [-0.1, -0.05) is 6.92 Å². The molecule has 4 nitrogen and oxygen atoms in total. The number of hydroxylamine groups is 2. The molecule has 0 rings (SSSR count). The molecule has 0 aliphatic heterocycles. The van der Waals surface area contributed by atoms with Crippen LogP contribution in [0.4, 0.5) is 0 Å². The fourth-order valence-corrected chi connectivity index (χ4v) is 0.199. The van der Waals surface area contributed by atoms with Gasteiger partial charge in [0.15, 0.2) is 0 Å². The van der Waals surface area contributed by atoms with Crippen LogP contribution < -0.4 is 0 Å².